The molecule has 2 rings (SSSR count). The summed E-state index contributed by atoms with van der Waals surface area (Å²) in [5, 5.41) is 18.8. The molecule has 4 nitrogen and oxygen atoms in total. The Morgan fingerprint density at radius 3 is 2.33 bits per heavy atom. The highest BCUT2D eigenvalue weighted by Gasteiger charge is 2.26. The van der Waals surface area contributed by atoms with Crippen LogP contribution in [-0.4, -0.2) is 14.2 Å². The second kappa shape index (κ2) is 7.99. The Morgan fingerprint density at radius 1 is 1.00 bits per heavy atom. The van der Waals surface area contributed by atoms with Gasteiger partial charge in [0.2, 0.25) is 0 Å². The molecule has 0 aliphatic carbocycles. The van der Waals surface area contributed by atoms with E-state index in [1.54, 1.807) is 30.3 Å². The van der Waals surface area contributed by atoms with Gasteiger partial charge in [-0.05, 0) is 35.4 Å². The van der Waals surface area contributed by atoms with E-state index in [0.717, 1.165) is 5.56 Å². The highest BCUT2D eigenvalue weighted by molar-refractivity contribution is 5.45. The fourth-order valence-corrected chi connectivity index (χ4v) is 2.71. The van der Waals surface area contributed by atoms with E-state index in [1.807, 2.05) is 0 Å². The van der Waals surface area contributed by atoms with Crippen LogP contribution < -0.4 is 9.47 Å². The first-order valence-electron chi connectivity index (χ1n) is 7.38. The fourth-order valence-electron chi connectivity index (χ4n) is 2.71. The third-order valence-corrected chi connectivity index (χ3v) is 3.90. The largest absolute Gasteiger partial charge is 0.493 e. The first-order chi connectivity index (χ1) is 11.6. The number of benzene rings is 2. The van der Waals surface area contributed by atoms with Crippen LogP contribution in [0.2, 0.25) is 0 Å². The van der Waals surface area contributed by atoms with E-state index >= 15 is 0 Å². The predicted octanol–water partition coefficient (Wildman–Crippen LogP) is 4.15. The number of rotatable bonds is 6. The van der Waals surface area contributed by atoms with Gasteiger partial charge in [-0.1, -0.05) is 18.2 Å². The third kappa shape index (κ3) is 3.64. The minimum Gasteiger partial charge on any atom is -0.493 e. The quantitative estimate of drug-likeness (QED) is 0.800. The lowest BCUT2D eigenvalue weighted by Crippen LogP contribution is -2.10. The van der Waals surface area contributed by atoms with E-state index in [-0.39, 0.29) is 6.42 Å². The van der Waals surface area contributed by atoms with Crippen LogP contribution in [0.5, 0.6) is 11.5 Å². The molecule has 0 unspecified atom stereocenters. The summed E-state index contributed by atoms with van der Waals surface area (Å²) in [6.07, 6.45) is 0.129. The molecular formula is C19H17FN2O2. The third-order valence-electron chi connectivity index (χ3n) is 3.90. The summed E-state index contributed by atoms with van der Waals surface area (Å²) in [5.74, 6) is -0.360. The minimum atomic E-state index is -0.640. The van der Waals surface area contributed by atoms with Crippen molar-refractivity contribution < 1.29 is 13.9 Å². The van der Waals surface area contributed by atoms with Crippen LogP contribution in [0.3, 0.4) is 0 Å². The smallest absolute Gasteiger partial charge is 0.160 e. The normalized spacial score (nSPS) is 12.5. The van der Waals surface area contributed by atoms with Gasteiger partial charge >= 0.3 is 0 Å². The van der Waals surface area contributed by atoms with E-state index in [1.165, 1.54) is 26.4 Å². The van der Waals surface area contributed by atoms with Gasteiger partial charge in [0, 0.05) is 12.3 Å². The standard InChI is InChI=1S/C19H17FN2O2/c1-23-18-7-6-14(11-19(18)24-2)16(8-9-21)17(12-22)13-4-3-5-15(20)10-13/h3-7,10-11,16-17H,8H2,1-2H3/t16-,17-/m1/s1. The van der Waals surface area contributed by atoms with Gasteiger partial charge in [-0.25, -0.2) is 4.39 Å². The lowest BCUT2D eigenvalue weighted by atomic mass is 9.80. The van der Waals surface area contributed by atoms with E-state index in [2.05, 4.69) is 12.1 Å². The van der Waals surface area contributed by atoms with Crippen molar-refractivity contribution in [2.24, 2.45) is 0 Å². The van der Waals surface area contributed by atoms with Gasteiger partial charge in [-0.3, -0.25) is 0 Å². The van der Waals surface area contributed by atoms with Crippen molar-refractivity contribution in [3.8, 4) is 23.6 Å². The Kier molecular flexibility index (Phi) is 5.76. The molecule has 2 aromatic rings. The summed E-state index contributed by atoms with van der Waals surface area (Å²) in [6.45, 7) is 0. The number of methoxy groups -OCH3 is 2. The Bertz CT molecular complexity index is 793. The molecule has 0 heterocycles. The van der Waals surface area contributed by atoms with Gasteiger partial charge < -0.3 is 9.47 Å². The van der Waals surface area contributed by atoms with Crippen LogP contribution in [-0.2, 0) is 0 Å². The number of ether oxygens (including phenoxy) is 2. The highest BCUT2D eigenvalue weighted by atomic mass is 19.1. The van der Waals surface area contributed by atoms with Crippen molar-refractivity contribution in [2.75, 3.05) is 14.2 Å². The molecule has 2 atom stereocenters. The van der Waals surface area contributed by atoms with Gasteiger partial charge in [0.1, 0.15) is 5.82 Å². The van der Waals surface area contributed by atoms with E-state index < -0.39 is 17.7 Å². The maximum absolute atomic E-state index is 13.5. The number of nitriles is 2. The summed E-state index contributed by atoms with van der Waals surface area (Å²) in [5.41, 5.74) is 1.32. The molecule has 0 saturated carbocycles. The number of nitrogens with zero attached hydrogens (tertiary/aromatic N) is 2. The van der Waals surface area contributed by atoms with Crippen molar-refractivity contribution in [3.63, 3.8) is 0 Å². The van der Waals surface area contributed by atoms with Crippen LogP contribution in [0.25, 0.3) is 0 Å². The topological polar surface area (TPSA) is 66.0 Å². The highest BCUT2D eigenvalue weighted by Crippen LogP contribution is 2.39. The zero-order chi connectivity index (χ0) is 17.5. The van der Waals surface area contributed by atoms with Gasteiger partial charge in [0.25, 0.3) is 0 Å². The molecule has 24 heavy (non-hydrogen) atoms. The van der Waals surface area contributed by atoms with Gasteiger partial charge in [0.05, 0.1) is 32.3 Å². The van der Waals surface area contributed by atoms with Crippen molar-refractivity contribution in [3.05, 3.63) is 59.4 Å². The van der Waals surface area contributed by atoms with Crippen LogP contribution in [0.1, 0.15) is 29.4 Å². The zero-order valence-electron chi connectivity index (χ0n) is 13.5. The molecule has 0 aliphatic heterocycles. The first-order valence-corrected chi connectivity index (χ1v) is 7.38. The Balaban J connectivity index is 2.48. The average Bonchev–Trinajstić information content (AvgIpc) is 2.61. The molecule has 122 valence electrons. The van der Waals surface area contributed by atoms with E-state index in [9.17, 15) is 14.9 Å². The molecule has 0 aliphatic rings. The zero-order valence-corrected chi connectivity index (χ0v) is 13.5. The summed E-state index contributed by atoms with van der Waals surface area (Å²) < 4.78 is 24.0. The predicted molar refractivity (Wildman–Crippen MR) is 87.3 cm³/mol. The molecule has 2 aromatic carbocycles. The van der Waals surface area contributed by atoms with E-state index in [4.69, 9.17) is 9.47 Å². The molecule has 0 saturated heterocycles. The summed E-state index contributed by atoms with van der Waals surface area (Å²) in [4.78, 5) is 0. The molecule has 0 amide bonds. The van der Waals surface area contributed by atoms with Crippen LogP contribution in [0.15, 0.2) is 42.5 Å². The Labute approximate surface area is 140 Å². The van der Waals surface area contributed by atoms with E-state index in [0.29, 0.717) is 17.1 Å². The maximum Gasteiger partial charge on any atom is 0.160 e. The average molecular weight is 324 g/mol. The van der Waals surface area contributed by atoms with Gasteiger partial charge in [0.15, 0.2) is 11.5 Å². The minimum absolute atomic E-state index is 0.129. The first kappa shape index (κ1) is 17.3. The van der Waals surface area contributed by atoms with Crippen LogP contribution >= 0.6 is 0 Å². The van der Waals surface area contributed by atoms with Crippen molar-refractivity contribution in [2.45, 2.75) is 18.3 Å². The molecule has 0 radical (unpaired) electrons. The Morgan fingerprint density at radius 2 is 1.75 bits per heavy atom. The fraction of sp³-hybridized carbons (Fsp3) is 0.263. The van der Waals surface area contributed by atoms with Gasteiger partial charge in [-0.15, -0.1) is 0 Å². The molecular weight excluding hydrogens is 307 g/mol. The van der Waals surface area contributed by atoms with Gasteiger partial charge in [-0.2, -0.15) is 10.5 Å². The maximum atomic E-state index is 13.5. The molecule has 0 bridgehead atoms. The second-order valence-corrected chi connectivity index (χ2v) is 5.24. The summed E-state index contributed by atoms with van der Waals surface area (Å²) in [7, 11) is 3.06. The van der Waals surface area contributed by atoms with Crippen molar-refractivity contribution >= 4 is 0 Å². The molecule has 0 fully saturated rings. The Hall–Kier alpha value is -3.05. The lowest BCUT2D eigenvalue weighted by molar-refractivity contribution is 0.354. The summed E-state index contributed by atoms with van der Waals surface area (Å²) >= 11 is 0. The monoisotopic (exact) mass is 324 g/mol. The van der Waals surface area contributed by atoms with Crippen molar-refractivity contribution in [1.82, 2.24) is 0 Å². The molecule has 5 heteroatoms. The molecule has 0 N–H and O–H groups in total. The number of hydrogen-bond donors (Lipinski definition) is 0. The van der Waals surface area contributed by atoms with Crippen LogP contribution in [0, 0.1) is 28.5 Å². The molecule has 0 aromatic heterocycles. The van der Waals surface area contributed by atoms with Crippen molar-refractivity contribution in [1.29, 1.82) is 10.5 Å². The lowest BCUT2D eigenvalue weighted by Gasteiger charge is -2.21. The number of hydrogen-bond acceptors (Lipinski definition) is 4. The molecule has 0 spiro atoms. The SMILES string of the molecule is COc1ccc([C@@H](CC#N)[C@H](C#N)c2cccc(F)c2)cc1OC. The van der Waals surface area contributed by atoms with Crippen LogP contribution in [0.4, 0.5) is 4.39 Å². The number of halogens is 1. The second-order valence-electron chi connectivity index (χ2n) is 5.24. The summed E-state index contributed by atoms with van der Waals surface area (Å²) in [6, 6.07) is 15.5.